The summed E-state index contributed by atoms with van der Waals surface area (Å²) in [6.07, 6.45) is 3.47. The van der Waals surface area contributed by atoms with E-state index in [9.17, 15) is 9.59 Å². The van der Waals surface area contributed by atoms with E-state index < -0.39 is 5.97 Å². The Labute approximate surface area is 171 Å². The molecule has 144 valence electrons. The van der Waals surface area contributed by atoms with E-state index in [-0.39, 0.29) is 18.1 Å². The molecule has 0 radical (unpaired) electrons. The first-order valence-corrected chi connectivity index (χ1v) is 9.23. The van der Waals surface area contributed by atoms with E-state index in [4.69, 9.17) is 16.3 Å². The van der Waals surface area contributed by atoms with Crippen LogP contribution >= 0.6 is 11.6 Å². The molecule has 0 bridgehead atoms. The minimum Gasteiger partial charge on any atom is -0.455 e. The number of pyridine rings is 1. The van der Waals surface area contributed by atoms with Gasteiger partial charge in [0, 0.05) is 18.0 Å². The molecule has 2 heterocycles. The summed E-state index contributed by atoms with van der Waals surface area (Å²) in [5, 5.41) is 3.34. The summed E-state index contributed by atoms with van der Waals surface area (Å²) in [7, 11) is 0. The number of hydrogen-bond acceptors (Lipinski definition) is 4. The highest BCUT2D eigenvalue weighted by molar-refractivity contribution is 6.30. The normalized spacial score (nSPS) is 10.7. The topological polar surface area (TPSA) is 72.7 Å². The van der Waals surface area contributed by atoms with Gasteiger partial charge in [0.2, 0.25) is 0 Å². The van der Waals surface area contributed by atoms with Crippen LogP contribution in [0.2, 0.25) is 5.02 Å². The summed E-state index contributed by atoms with van der Waals surface area (Å²) in [4.78, 5) is 29.4. The number of nitrogens with zero attached hydrogens (tertiary/aromatic N) is 2. The number of para-hydroxylation sites is 1. The zero-order valence-electron chi connectivity index (χ0n) is 15.2. The summed E-state index contributed by atoms with van der Waals surface area (Å²) in [6, 6.07) is 19.0. The van der Waals surface area contributed by atoms with Gasteiger partial charge in [-0.25, -0.2) is 9.78 Å². The Balaban J connectivity index is 1.47. The Hall–Kier alpha value is -3.64. The monoisotopic (exact) mass is 405 g/mol. The third-order valence-corrected chi connectivity index (χ3v) is 4.47. The molecule has 0 saturated carbocycles. The van der Waals surface area contributed by atoms with E-state index in [0.717, 1.165) is 0 Å². The number of ether oxygens (including phenoxy) is 1. The van der Waals surface area contributed by atoms with E-state index in [1.165, 1.54) is 0 Å². The highest BCUT2D eigenvalue weighted by atomic mass is 35.5. The van der Waals surface area contributed by atoms with Crippen molar-refractivity contribution >= 4 is 34.8 Å². The van der Waals surface area contributed by atoms with Gasteiger partial charge in [-0.1, -0.05) is 41.9 Å². The largest absolute Gasteiger partial charge is 0.455 e. The molecule has 2 aromatic carbocycles. The van der Waals surface area contributed by atoms with E-state index in [1.807, 2.05) is 6.07 Å². The smallest absolute Gasteiger partial charge is 0.340 e. The molecule has 0 spiro atoms. The molecule has 1 amide bonds. The van der Waals surface area contributed by atoms with Crippen LogP contribution in [0.5, 0.6) is 0 Å². The number of anilines is 1. The number of aromatic nitrogens is 2. The zero-order chi connectivity index (χ0) is 20.2. The van der Waals surface area contributed by atoms with Crippen LogP contribution in [0.4, 0.5) is 5.69 Å². The molecular formula is C22H16ClN3O3. The summed E-state index contributed by atoms with van der Waals surface area (Å²) in [6.45, 7) is -0.000894. The van der Waals surface area contributed by atoms with Gasteiger partial charge in [-0.3, -0.25) is 4.79 Å². The van der Waals surface area contributed by atoms with Crippen molar-refractivity contribution in [1.82, 2.24) is 9.38 Å². The third-order valence-electron chi connectivity index (χ3n) is 4.25. The van der Waals surface area contributed by atoms with E-state index in [1.54, 1.807) is 77.5 Å². The van der Waals surface area contributed by atoms with Crippen molar-refractivity contribution in [3.63, 3.8) is 0 Å². The number of benzene rings is 2. The maximum absolute atomic E-state index is 12.6. The number of esters is 1. The van der Waals surface area contributed by atoms with Gasteiger partial charge in [0.25, 0.3) is 5.91 Å². The number of carbonyl (C=O) groups excluding carboxylic acids is 2. The molecule has 2 aromatic heterocycles. The van der Waals surface area contributed by atoms with Crippen LogP contribution in [-0.2, 0) is 11.3 Å². The van der Waals surface area contributed by atoms with Gasteiger partial charge >= 0.3 is 5.97 Å². The maximum Gasteiger partial charge on any atom is 0.340 e. The van der Waals surface area contributed by atoms with Crippen LogP contribution in [0.25, 0.3) is 5.65 Å². The van der Waals surface area contributed by atoms with E-state index >= 15 is 0 Å². The van der Waals surface area contributed by atoms with Crippen molar-refractivity contribution < 1.29 is 14.3 Å². The van der Waals surface area contributed by atoms with Crippen molar-refractivity contribution in [3.8, 4) is 0 Å². The molecule has 0 unspecified atom stereocenters. The number of rotatable bonds is 5. The number of fused-ring (bicyclic) bond motifs is 1. The fourth-order valence-electron chi connectivity index (χ4n) is 2.86. The lowest BCUT2D eigenvalue weighted by Gasteiger charge is -2.10. The molecule has 0 atom stereocenters. The third kappa shape index (κ3) is 4.28. The minimum absolute atomic E-state index is 0.000894. The van der Waals surface area contributed by atoms with Crippen molar-refractivity contribution in [2.45, 2.75) is 6.61 Å². The van der Waals surface area contributed by atoms with Crippen LogP contribution in [0.3, 0.4) is 0 Å². The fraction of sp³-hybridized carbons (Fsp3) is 0.0455. The highest BCUT2D eigenvalue weighted by Gasteiger charge is 2.16. The average molecular weight is 406 g/mol. The quantitative estimate of drug-likeness (QED) is 0.492. The number of nitrogens with one attached hydrogen (secondary N) is 1. The molecule has 7 heteroatoms. The summed E-state index contributed by atoms with van der Waals surface area (Å²) >= 11 is 5.97. The second-order valence-corrected chi connectivity index (χ2v) is 6.72. The summed E-state index contributed by atoms with van der Waals surface area (Å²) < 4.78 is 7.17. The highest BCUT2D eigenvalue weighted by Crippen LogP contribution is 2.19. The Kier molecular flexibility index (Phi) is 5.27. The number of amides is 1. The Morgan fingerprint density at radius 1 is 0.966 bits per heavy atom. The van der Waals surface area contributed by atoms with Crippen LogP contribution in [0, 0.1) is 0 Å². The lowest BCUT2D eigenvalue weighted by atomic mass is 10.1. The second-order valence-electron chi connectivity index (χ2n) is 6.29. The fourth-order valence-corrected chi connectivity index (χ4v) is 3.03. The summed E-state index contributed by atoms with van der Waals surface area (Å²) in [5.74, 6) is -0.855. The molecule has 0 aliphatic carbocycles. The Bertz CT molecular complexity index is 1190. The van der Waals surface area contributed by atoms with Gasteiger partial charge in [-0.15, -0.1) is 0 Å². The molecule has 1 N–H and O–H groups in total. The predicted molar refractivity (Wildman–Crippen MR) is 110 cm³/mol. The zero-order valence-corrected chi connectivity index (χ0v) is 16.0. The second kappa shape index (κ2) is 8.16. The molecule has 0 saturated heterocycles. The van der Waals surface area contributed by atoms with Crippen LogP contribution in [0.1, 0.15) is 26.4 Å². The molecule has 4 rings (SSSR count). The lowest BCUT2D eigenvalue weighted by molar-refractivity contribution is 0.0469. The first-order chi connectivity index (χ1) is 14.1. The molecule has 0 aliphatic rings. The molecule has 0 fully saturated rings. The van der Waals surface area contributed by atoms with Gasteiger partial charge in [-0.2, -0.15) is 0 Å². The van der Waals surface area contributed by atoms with Crippen molar-refractivity contribution in [1.29, 1.82) is 0 Å². The minimum atomic E-state index is -0.552. The van der Waals surface area contributed by atoms with Gasteiger partial charge in [0.05, 0.1) is 22.0 Å². The first kappa shape index (κ1) is 18.7. The Morgan fingerprint density at radius 3 is 2.55 bits per heavy atom. The first-order valence-electron chi connectivity index (χ1n) is 8.86. The van der Waals surface area contributed by atoms with Crippen LogP contribution in [-0.4, -0.2) is 21.3 Å². The maximum atomic E-state index is 12.6. The summed E-state index contributed by atoms with van der Waals surface area (Å²) in [5.41, 5.74) is 2.44. The molecule has 4 aromatic rings. The lowest BCUT2D eigenvalue weighted by Crippen LogP contribution is -2.15. The van der Waals surface area contributed by atoms with Gasteiger partial charge < -0.3 is 14.5 Å². The SMILES string of the molecule is O=C(Nc1ccccc1C(=O)OCc1cn2cc(Cl)ccc2n1)c1ccccc1. The molecule has 0 aliphatic heterocycles. The van der Waals surface area contributed by atoms with Gasteiger partial charge in [0.1, 0.15) is 12.3 Å². The molecule has 29 heavy (non-hydrogen) atoms. The average Bonchev–Trinajstić information content (AvgIpc) is 3.15. The van der Waals surface area contributed by atoms with Crippen LogP contribution < -0.4 is 5.32 Å². The van der Waals surface area contributed by atoms with Crippen molar-refractivity contribution in [3.05, 3.63) is 101 Å². The molecular weight excluding hydrogens is 390 g/mol. The van der Waals surface area contributed by atoms with Crippen molar-refractivity contribution in [2.75, 3.05) is 5.32 Å². The van der Waals surface area contributed by atoms with Crippen LogP contribution in [0.15, 0.2) is 79.1 Å². The predicted octanol–water partition coefficient (Wildman–Crippen LogP) is 4.60. The number of carbonyl (C=O) groups is 2. The molecule has 6 nitrogen and oxygen atoms in total. The van der Waals surface area contributed by atoms with E-state index in [2.05, 4.69) is 10.3 Å². The van der Waals surface area contributed by atoms with E-state index in [0.29, 0.717) is 27.6 Å². The number of imidazole rings is 1. The standard InChI is InChI=1S/C22H16ClN3O3/c23-16-10-11-20-24-17(13-26(20)12-16)14-29-22(28)18-8-4-5-9-19(18)25-21(27)15-6-2-1-3-7-15/h1-13H,14H2,(H,25,27). The number of halogens is 1. The van der Waals surface area contributed by atoms with Gasteiger partial charge in [0.15, 0.2) is 0 Å². The van der Waals surface area contributed by atoms with Crippen molar-refractivity contribution in [2.24, 2.45) is 0 Å². The van der Waals surface area contributed by atoms with Gasteiger partial charge in [-0.05, 0) is 36.4 Å². The number of hydrogen-bond donors (Lipinski definition) is 1. The Morgan fingerprint density at radius 2 is 1.72 bits per heavy atom.